The topological polar surface area (TPSA) is 50.2 Å². The number of rotatable bonds is 4. The van der Waals surface area contributed by atoms with E-state index in [4.69, 9.17) is 11.6 Å². The number of amides is 1. The fourth-order valence-corrected chi connectivity index (χ4v) is 3.50. The van der Waals surface area contributed by atoms with E-state index in [0.717, 1.165) is 36.0 Å². The van der Waals surface area contributed by atoms with Crippen LogP contribution in [0.3, 0.4) is 0 Å². The number of halogens is 1. The molecule has 2 aromatic rings. The average molecular weight is 337 g/mol. The SMILES string of the molecule is O=C(Cn1ccnc1)Nc1cc(Cl)ccc1N1CCSCC1. The number of nitrogens with zero attached hydrogens (tertiary/aromatic N) is 3. The van der Waals surface area contributed by atoms with Gasteiger partial charge in [0.05, 0.1) is 17.7 Å². The van der Waals surface area contributed by atoms with E-state index in [1.807, 2.05) is 30.0 Å². The largest absolute Gasteiger partial charge is 0.368 e. The lowest BCUT2D eigenvalue weighted by atomic mass is 10.2. The highest BCUT2D eigenvalue weighted by atomic mass is 35.5. The molecule has 22 heavy (non-hydrogen) atoms. The highest BCUT2D eigenvalue weighted by molar-refractivity contribution is 7.99. The Morgan fingerprint density at radius 3 is 2.91 bits per heavy atom. The average Bonchev–Trinajstić information content (AvgIpc) is 3.01. The van der Waals surface area contributed by atoms with Crippen molar-refractivity contribution in [1.82, 2.24) is 9.55 Å². The first kappa shape index (κ1) is 15.2. The Hall–Kier alpha value is -1.66. The molecule has 0 atom stereocenters. The summed E-state index contributed by atoms with van der Waals surface area (Å²) in [7, 11) is 0. The maximum absolute atomic E-state index is 12.2. The van der Waals surface area contributed by atoms with Crippen LogP contribution in [0.2, 0.25) is 5.02 Å². The molecule has 1 amide bonds. The zero-order valence-electron chi connectivity index (χ0n) is 12.0. The Kier molecular flexibility index (Phi) is 4.90. The fraction of sp³-hybridized carbons (Fsp3) is 0.333. The number of anilines is 2. The minimum absolute atomic E-state index is 0.0899. The van der Waals surface area contributed by atoms with Crippen LogP contribution in [-0.2, 0) is 11.3 Å². The van der Waals surface area contributed by atoms with Crippen LogP contribution < -0.4 is 10.2 Å². The summed E-state index contributed by atoms with van der Waals surface area (Å²) in [5.41, 5.74) is 1.80. The second-order valence-electron chi connectivity index (χ2n) is 5.04. The first-order valence-electron chi connectivity index (χ1n) is 7.10. The van der Waals surface area contributed by atoms with E-state index in [1.165, 1.54) is 0 Å². The van der Waals surface area contributed by atoms with E-state index in [9.17, 15) is 4.79 Å². The molecule has 0 spiro atoms. The molecule has 1 N–H and O–H groups in total. The molecule has 1 fully saturated rings. The van der Waals surface area contributed by atoms with E-state index >= 15 is 0 Å². The number of benzene rings is 1. The van der Waals surface area contributed by atoms with Crippen molar-refractivity contribution in [2.45, 2.75) is 6.54 Å². The Bertz CT molecular complexity index is 641. The van der Waals surface area contributed by atoms with Gasteiger partial charge in [-0.25, -0.2) is 4.98 Å². The summed E-state index contributed by atoms with van der Waals surface area (Å²) in [6.45, 7) is 2.20. The number of imidazole rings is 1. The normalized spacial score (nSPS) is 14.9. The molecule has 1 aromatic carbocycles. The first-order chi connectivity index (χ1) is 10.7. The van der Waals surface area contributed by atoms with E-state index < -0.39 is 0 Å². The highest BCUT2D eigenvalue weighted by Gasteiger charge is 2.16. The number of nitrogens with one attached hydrogen (secondary N) is 1. The van der Waals surface area contributed by atoms with E-state index in [0.29, 0.717) is 5.02 Å². The van der Waals surface area contributed by atoms with Crippen molar-refractivity contribution >= 4 is 40.6 Å². The van der Waals surface area contributed by atoms with Crippen LogP contribution in [0.5, 0.6) is 0 Å². The minimum Gasteiger partial charge on any atom is -0.368 e. The van der Waals surface area contributed by atoms with Crippen LogP contribution in [-0.4, -0.2) is 40.1 Å². The van der Waals surface area contributed by atoms with Gasteiger partial charge in [0, 0.05) is 42.0 Å². The number of carbonyl (C=O) groups excluding carboxylic acids is 1. The lowest BCUT2D eigenvalue weighted by Crippen LogP contribution is -2.33. The first-order valence-corrected chi connectivity index (χ1v) is 8.63. The summed E-state index contributed by atoms with van der Waals surface area (Å²) in [5, 5.41) is 3.59. The lowest BCUT2D eigenvalue weighted by Gasteiger charge is -2.30. The van der Waals surface area contributed by atoms with Gasteiger partial charge in [-0.2, -0.15) is 11.8 Å². The Balaban J connectivity index is 1.76. The van der Waals surface area contributed by atoms with Crippen LogP contribution in [0.15, 0.2) is 36.9 Å². The highest BCUT2D eigenvalue weighted by Crippen LogP contribution is 2.30. The molecule has 3 rings (SSSR count). The van der Waals surface area contributed by atoms with Crippen LogP contribution in [0.4, 0.5) is 11.4 Å². The molecule has 116 valence electrons. The molecule has 1 aromatic heterocycles. The van der Waals surface area contributed by atoms with E-state index in [-0.39, 0.29) is 12.5 Å². The lowest BCUT2D eigenvalue weighted by molar-refractivity contribution is -0.116. The molecule has 5 nitrogen and oxygen atoms in total. The molecule has 0 radical (unpaired) electrons. The van der Waals surface area contributed by atoms with Gasteiger partial charge in [-0.1, -0.05) is 11.6 Å². The van der Waals surface area contributed by atoms with Gasteiger partial charge in [0.25, 0.3) is 0 Å². The van der Waals surface area contributed by atoms with Gasteiger partial charge in [0.1, 0.15) is 6.54 Å². The molecule has 1 saturated heterocycles. The smallest absolute Gasteiger partial charge is 0.244 e. The summed E-state index contributed by atoms with van der Waals surface area (Å²) in [6.07, 6.45) is 5.05. The Labute approximate surface area is 138 Å². The molecular weight excluding hydrogens is 320 g/mol. The Morgan fingerprint density at radius 1 is 1.36 bits per heavy atom. The van der Waals surface area contributed by atoms with Gasteiger partial charge < -0.3 is 14.8 Å². The van der Waals surface area contributed by atoms with Crippen molar-refractivity contribution in [3.63, 3.8) is 0 Å². The van der Waals surface area contributed by atoms with E-state index in [2.05, 4.69) is 15.2 Å². The third-order valence-electron chi connectivity index (χ3n) is 3.47. The third-order valence-corrected chi connectivity index (χ3v) is 4.65. The number of aromatic nitrogens is 2. The second-order valence-corrected chi connectivity index (χ2v) is 6.71. The fourth-order valence-electron chi connectivity index (χ4n) is 2.42. The molecule has 0 unspecified atom stereocenters. The van der Waals surface area contributed by atoms with Crippen LogP contribution in [0.25, 0.3) is 0 Å². The standard InChI is InChI=1S/C15H17ClN4OS/c16-12-1-2-14(20-5-7-22-8-6-20)13(9-12)18-15(21)10-19-4-3-17-11-19/h1-4,9,11H,5-8,10H2,(H,18,21). The van der Waals surface area contributed by atoms with Gasteiger partial charge in [-0.15, -0.1) is 0 Å². The molecule has 0 bridgehead atoms. The molecular formula is C15H17ClN4OS. The van der Waals surface area contributed by atoms with Crippen LogP contribution in [0, 0.1) is 0 Å². The summed E-state index contributed by atoms with van der Waals surface area (Å²) >= 11 is 8.05. The minimum atomic E-state index is -0.0899. The summed E-state index contributed by atoms with van der Waals surface area (Å²) in [6, 6.07) is 5.65. The Morgan fingerprint density at radius 2 is 2.18 bits per heavy atom. The van der Waals surface area contributed by atoms with Crippen LogP contribution >= 0.6 is 23.4 Å². The molecule has 0 aliphatic carbocycles. The van der Waals surface area contributed by atoms with E-state index in [1.54, 1.807) is 23.3 Å². The van der Waals surface area contributed by atoms with Gasteiger partial charge >= 0.3 is 0 Å². The number of hydrogen-bond donors (Lipinski definition) is 1. The quantitative estimate of drug-likeness (QED) is 0.932. The number of hydrogen-bond acceptors (Lipinski definition) is 4. The summed E-state index contributed by atoms with van der Waals surface area (Å²) < 4.78 is 1.73. The van der Waals surface area contributed by atoms with Crippen LogP contribution in [0.1, 0.15) is 0 Å². The molecule has 7 heteroatoms. The van der Waals surface area contributed by atoms with Crippen molar-refractivity contribution in [2.75, 3.05) is 34.8 Å². The van der Waals surface area contributed by atoms with Gasteiger partial charge in [-0.3, -0.25) is 4.79 Å². The maximum Gasteiger partial charge on any atom is 0.244 e. The van der Waals surface area contributed by atoms with Crippen molar-refractivity contribution in [3.05, 3.63) is 41.9 Å². The molecule has 1 aliphatic heterocycles. The van der Waals surface area contributed by atoms with Crippen molar-refractivity contribution in [1.29, 1.82) is 0 Å². The summed E-state index contributed by atoms with van der Waals surface area (Å²) in [5.74, 6) is 2.11. The molecule has 2 heterocycles. The van der Waals surface area contributed by atoms with Gasteiger partial charge in [0.2, 0.25) is 5.91 Å². The van der Waals surface area contributed by atoms with Gasteiger partial charge in [-0.05, 0) is 18.2 Å². The molecule has 0 saturated carbocycles. The second kappa shape index (κ2) is 7.07. The zero-order chi connectivity index (χ0) is 15.4. The van der Waals surface area contributed by atoms with Crippen molar-refractivity contribution < 1.29 is 4.79 Å². The third kappa shape index (κ3) is 3.75. The number of thioether (sulfide) groups is 1. The zero-order valence-corrected chi connectivity index (χ0v) is 13.6. The number of carbonyl (C=O) groups is 1. The monoisotopic (exact) mass is 336 g/mol. The van der Waals surface area contributed by atoms with Crippen molar-refractivity contribution in [3.8, 4) is 0 Å². The predicted molar refractivity (Wildman–Crippen MR) is 91.8 cm³/mol. The van der Waals surface area contributed by atoms with Crippen molar-refractivity contribution in [2.24, 2.45) is 0 Å². The predicted octanol–water partition coefficient (Wildman–Crippen LogP) is 2.73. The molecule has 1 aliphatic rings. The maximum atomic E-state index is 12.2. The summed E-state index contributed by atoms with van der Waals surface area (Å²) in [4.78, 5) is 18.4. The van der Waals surface area contributed by atoms with Gasteiger partial charge in [0.15, 0.2) is 0 Å².